The van der Waals surface area contributed by atoms with Crippen molar-refractivity contribution in [2.75, 3.05) is 0 Å². The second-order valence-corrected chi connectivity index (χ2v) is 5.23. The lowest BCUT2D eigenvalue weighted by Gasteiger charge is -2.28. The van der Waals surface area contributed by atoms with Crippen molar-refractivity contribution in [3.8, 4) is 0 Å². The van der Waals surface area contributed by atoms with Gasteiger partial charge in [0.05, 0.1) is 12.0 Å². The number of nitrogens with zero attached hydrogens (tertiary/aromatic N) is 1. The Hall–Kier alpha value is -2.11. The van der Waals surface area contributed by atoms with E-state index in [9.17, 15) is 9.59 Å². The summed E-state index contributed by atoms with van der Waals surface area (Å²) in [4.78, 5) is 26.8. The second-order valence-electron chi connectivity index (χ2n) is 5.23. The molecule has 1 heterocycles. The first-order valence-electron chi connectivity index (χ1n) is 6.76. The van der Waals surface area contributed by atoms with Crippen LogP contribution in [0.25, 0.3) is 0 Å². The van der Waals surface area contributed by atoms with Crippen LogP contribution in [0.1, 0.15) is 37.7 Å². The second kappa shape index (κ2) is 6.36. The summed E-state index contributed by atoms with van der Waals surface area (Å²) in [6.45, 7) is 0.378. The van der Waals surface area contributed by atoms with E-state index in [1.54, 1.807) is 18.5 Å². The highest BCUT2D eigenvalue weighted by molar-refractivity contribution is 5.76. The number of carboxylic acid groups (broad SMARTS) is 1. The zero-order valence-corrected chi connectivity index (χ0v) is 11.3. The summed E-state index contributed by atoms with van der Waals surface area (Å²) >= 11 is 0. The van der Waals surface area contributed by atoms with E-state index in [4.69, 9.17) is 5.11 Å². The molecule has 0 radical (unpaired) electrons. The molecule has 3 N–H and O–H groups in total. The van der Waals surface area contributed by atoms with Gasteiger partial charge in [0.15, 0.2) is 0 Å². The molecule has 1 aliphatic rings. The molecule has 1 aliphatic carbocycles. The average Bonchev–Trinajstić information content (AvgIpc) is 2.85. The summed E-state index contributed by atoms with van der Waals surface area (Å²) in [6.07, 6.45) is 6.69. The lowest BCUT2D eigenvalue weighted by molar-refractivity contribution is -0.138. The Kier molecular flexibility index (Phi) is 4.55. The molecule has 0 bridgehead atoms. The summed E-state index contributed by atoms with van der Waals surface area (Å²) in [7, 11) is 0. The summed E-state index contributed by atoms with van der Waals surface area (Å²) < 4.78 is 0. The largest absolute Gasteiger partial charge is 0.481 e. The van der Waals surface area contributed by atoms with Crippen LogP contribution in [0, 0.1) is 0 Å². The highest BCUT2D eigenvalue weighted by Gasteiger charge is 2.37. The van der Waals surface area contributed by atoms with Gasteiger partial charge >= 0.3 is 12.0 Å². The van der Waals surface area contributed by atoms with Crippen molar-refractivity contribution in [3.05, 3.63) is 30.1 Å². The zero-order chi connectivity index (χ0) is 14.4. The highest BCUT2D eigenvalue weighted by atomic mass is 16.4. The van der Waals surface area contributed by atoms with Gasteiger partial charge in [-0.05, 0) is 24.5 Å². The quantitative estimate of drug-likeness (QED) is 0.763. The van der Waals surface area contributed by atoms with Crippen LogP contribution in [0.5, 0.6) is 0 Å². The normalized spacial score (nSPS) is 16.6. The van der Waals surface area contributed by atoms with E-state index in [1.165, 1.54) is 0 Å². The first-order valence-corrected chi connectivity index (χ1v) is 6.76. The van der Waals surface area contributed by atoms with Gasteiger partial charge in [0.1, 0.15) is 0 Å². The molecule has 2 rings (SSSR count). The number of nitrogens with one attached hydrogen (secondary N) is 2. The smallest absolute Gasteiger partial charge is 0.315 e. The minimum Gasteiger partial charge on any atom is -0.481 e. The minimum absolute atomic E-state index is 0.0205. The van der Waals surface area contributed by atoms with E-state index in [-0.39, 0.29) is 12.5 Å². The van der Waals surface area contributed by atoms with Crippen LogP contribution in [-0.4, -0.2) is 27.6 Å². The van der Waals surface area contributed by atoms with Crippen molar-refractivity contribution < 1.29 is 14.7 Å². The molecule has 0 spiro atoms. The number of carboxylic acids is 1. The third kappa shape index (κ3) is 3.94. The van der Waals surface area contributed by atoms with Crippen LogP contribution in [0.2, 0.25) is 0 Å². The van der Waals surface area contributed by atoms with Gasteiger partial charge in [0.2, 0.25) is 0 Å². The van der Waals surface area contributed by atoms with Gasteiger partial charge in [-0.1, -0.05) is 18.9 Å². The van der Waals surface area contributed by atoms with Crippen molar-refractivity contribution in [2.24, 2.45) is 0 Å². The molecule has 108 valence electrons. The van der Waals surface area contributed by atoms with Gasteiger partial charge in [0.25, 0.3) is 0 Å². The molecule has 6 nitrogen and oxygen atoms in total. The zero-order valence-electron chi connectivity index (χ0n) is 11.3. The van der Waals surface area contributed by atoms with Gasteiger partial charge < -0.3 is 15.7 Å². The number of carbonyl (C=O) groups is 2. The van der Waals surface area contributed by atoms with Gasteiger partial charge in [-0.2, -0.15) is 0 Å². The van der Waals surface area contributed by atoms with Crippen LogP contribution < -0.4 is 10.6 Å². The molecule has 1 fully saturated rings. The molecular formula is C14H19N3O3. The SMILES string of the molecule is O=C(O)CC1(NC(=O)NCc2cccnc2)CCCC1. The molecule has 0 aliphatic heterocycles. The van der Waals surface area contributed by atoms with Gasteiger partial charge in [-0.25, -0.2) is 4.79 Å². The fraction of sp³-hybridized carbons (Fsp3) is 0.500. The van der Waals surface area contributed by atoms with Gasteiger partial charge in [0, 0.05) is 18.9 Å². The predicted octanol–water partition coefficient (Wildman–Crippen LogP) is 1.67. The third-order valence-corrected chi connectivity index (χ3v) is 3.60. The molecule has 0 atom stereocenters. The maximum atomic E-state index is 11.9. The number of hydrogen-bond donors (Lipinski definition) is 3. The number of aliphatic carboxylic acids is 1. The Bertz CT molecular complexity index is 470. The first-order chi connectivity index (χ1) is 9.60. The maximum Gasteiger partial charge on any atom is 0.315 e. The average molecular weight is 277 g/mol. The van der Waals surface area contributed by atoms with Crippen molar-refractivity contribution in [2.45, 2.75) is 44.2 Å². The summed E-state index contributed by atoms with van der Waals surface area (Å²) in [5, 5.41) is 14.6. The minimum atomic E-state index is -0.876. The maximum absolute atomic E-state index is 11.9. The topological polar surface area (TPSA) is 91.3 Å². The van der Waals surface area contributed by atoms with Crippen LogP contribution in [-0.2, 0) is 11.3 Å². The molecule has 1 aromatic rings. The van der Waals surface area contributed by atoms with Crippen molar-refractivity contribution in [1.29, 1.82) is 0 Å². The Morgan fingerprint density at radius 2 is 2.10 bits per heavy atom. The number of pyridine rings is 1. The molecule has 1 saturated carbocycles. The van der Waals surface area contributed by atoms with Crippen LogP contribution in [0.3, 0.4) is 0 Å². The molecule has 0 saturated heterocycles. The Morgan fingerprint density at radius 1 is 1.35 bits per heavy atom. The monoisotopic (exact) mass is 277 g/mol. The fourth-order valence-electron chi connectivity index (χ4n) is 2.66. The molecule has 6 heteroatoms. The first kappa shape index (κ1) is 14.3. The lowest BCUT2D eigenvalue weighted by Crippen LogP contribution is -2.51. The number of aromatic nitrogens is 1. The lowest BCUT2D eigenvalue weighted by atomic mass is 9.93. The Labute approximate surface area is 117 Å². The summed E-state index contributed by atoms with van der Waals surface area (Å²) in [5.74, 6) is -0.876. The van der Waals surface area contributed by atoms with E-state index < -0.39 is 11.5 Å². The van der Waals surface area contributed by atoms with Crippen LogP contribution in [0.4, 0.5) is 4.79 Å². The number of urea groups is 1. The Balaban J connectivity index is 1.87. The van der Waals surface area contributed by atoms with E-state index in [0.29, 0.717) is 6.54 Å². The highest BCUT2D eigenvalue weighted by Crippen LogP contribution is 2.32. The fourth-order valence-corrected chi connectivity index (χ4v) is 2.66. The number of rotatable bonds is 5. The molecule has 2 amide bonds. The van der Waals surface area contributed by atoms with Crippen LogP contribution in [0.15, 0.2) is 24.5 Å². The Morgan fingerprint density at radius 3 is 2.70 bits per heavy atom. The molecule has 1 aromatic heterocycles. The number of carbonyl (C=O) groups excluding carboxylic acids is 1. The van der Waals surface area contributed by atoms with Crippen molar-refractivity contribution >= 4 is 12.0 Å². The molecule has 0 unspecified atom stereocenters. The van der Waals surface area contributed by atoms with Crippen molar-refractivity contribution in [1.82, 2.24) is 15.6 Å². The van der Waals surface area contributed by atoms with Gasteiger partial charge in [-0.3, -0.25) is 9.78 Å². The molecular weight excluding hydrogens is 258 g/mol. The standard InChI is InChI=1S/C14H19N3O3/c18-12(19)8-14(5-1-2-6-14)17-13(20)16-10-11-4-3-7-15-9-11/h3-4,7,9H,1-2,5-6,8,10H2,(H,18,19)(H2,16,17,20). The third-order valence-electron chi connectivity index (χ3n) is 3.60. The van der Waals surface area contributed by atoms with Crippen molar-refractivity contribution in [3.63, 3.8) is 0 Å². The number of hydrogen-bond acceptors (Lipinski definition) is 3. The van der Waals surface area contributed by atoms with Crippen LogP contribution >= 0.6 is 0 Å². The van der Waals surface area contributed by atoms with E-state index in [1.807, 2.05) is 6.07 Å². The number of amides is 2. The van der Waals surface area contributed by atoms with E-state index in [2.05, 4.69) is 15.6 Å². The van der Waals surface area contributed by atoms with E-state index >= 15 is 0 Å². The molecule has 0 aromatic carbocycles. The summed E-state index contributed by atoms with van der Waals surface area (Å²) in [6, 6.07) is 3.35. The van der Waals surface area contributed by atoms with Gasteiger partial charge in [-0.15, -0.1) is 0 Å². The predicted molar refractivity (Wildman–Crippen MR) is 73.1 cm³/mol. The van der Waals surface area contributed by atoms with E-state index in [0.717, 1.165) is 31.2 Å². The molecule has 20 heavy (non-hydrogen) atoms. The summed E-state index contributed by atoms with van der Waals surface area (Å²) in [5.41, 5.74) is 0.312.